The third-order valence-corrected chi connectivity index (χ3v) is 5.21. The van der Waals surface area contributed by atoms with Gasteiger partial charge >= 0.3 is 0 Å². The van der Waals surface area contributed by atoms with Gasteiger partial charge < -0.3 is 20.7 Å². The average Bonchev–Trinajstić information content (AvgIpc) is 2.73. The molecule has 0 atom stereocenters. The zero-order chi connectivity index (χ0) is 21.0. The van der Waals surface area contributed by atoms with Gasteiger partial charge in [0.25, 0.3) is 5.69 Å². The van der Waals surface area contributed by atoms with Gasteiger partial charge in [0.2, 0.25) is 0 Å². The molecule has 0 saturated carbocycles. The van der Waals surface area contributed by atoms with Crippen LogP contribution in [0.15, 0.2) is 30.3 Å². The van der Waals surface area contributed by atoms with Gasteiger partial charge in [-0.2, -0.15) is 0 Å². The molecule has 0 fully saturated rings. The summed E-state index contributed by atoms with van der Waals surface area (Å²) in [5.74, 6) is 0.657. The molecule has 0 aliphatic carbocycles. The number of aromatic nitrogens is 1. The van der Waals surface area contributed by atoms with E-state index in [0.29, 0.717) is 33.2 Å². The fourth-order valence-electron chi connectivity index (χ4n) is 3.54. The van der Waals surface area contributed by atoms with Gasteiger partial charge in [-0.1, -0.05) is 13.8 Å². The first-order valence-electron chi connectivity index (χ1n) is 9.80. The van der Waals surface area contributed by atoms with Gasteiger partial charge in [0, 0.05) is 23.7 Å². The first kappa shape index (κ1) is 20.6. The molecule has 0 amide bonds. The van der Waals surface area contributed by atoms with Crippen molar-refractivity contribution in [1.82, 2.24) is 9.88 Å². The predicted molar refractivity (Wildman–Crippen MR) is 118 cm³/mol. The highest BCUT2D eigenvalue weighted by Gasteiger charge is 2.20. The minimum atomic E-state index is -0.422. The van der Waals surface area contributed by atoms with Crippen LogP contribution in [-0.4, -0.2) is 48.1 Å². The topological polar surface area (TPSA) is 107 Å². The van der Waals surface area contributed by atoms with Gasteiger partial charge in [0.1, 0.15) is 5.75 Å². The van der Waals surface area contributed by atoms with Gasteiger partial charge in [-0.25, -0.2) is 4.98 Å². The normalized spacial score (nSPS) is 11.3. The number of hydrogen-bond acceptors (Lipinski definition) is 7. The molecule has 0 unspecified atom stereocenters. The highest BCUT2D eigenvalue weighted by Crippen LogP contribution is 2.38. The molecule has 3 rings (SSSR count). The van der Waals surface area contributed by atoms with Crippen LogP contribution in [0.25, 0.3) is 21.8 Å². The summed E-state index contributed by atoms with van der Waals surface area (Å²) in [5, 5.41) is 16.2. The highest BCUT2D eigenvalue weighted by atomic mass is 16.6. The lowest BCUT2D eigenvalue weighted by molar-refractivity contribution is -0.383. The first-order chi connectivity index (χ1) is 14.0. The number of benzene rings is 2. The summed E-state index contributed by atoms with van der Waals surface area (Å²) in [6.07, 6.45) is 0.953. The molecule has 8 heteroatoms. The quantitative estimate of drug-likeness (QED) is 0.243. The summed E-state index contributed by atoms with van der Waals surface area (Å²) in [7, 11) is 1.58. The molecule has 0 aliphatic heterocycles. The van der Waals surface area contributed by atoms with Crippen molar-refractivity contribution in [1.29, 1.82) is 0 Å². The van der Waals surface area contributed by atoms with E-state index in [1.54, 1.807) is 31.4 Å². The van der Waals surface area contributed by atoms with Crippen molar-refractivity contribution in [2.45, 2.75) is 20.3 Å². The Kier molecular flexibility index (Phi) is 6.33. The van der Waals surface area contributed by atoms with Crippen molar-refractivity contribution < 1.29 is 9.66 Å². The predicted octanol–water partition coefficient (Wildman–Crippen LogP) is 4.03. The maximum atomic E-state index is 11.6. The van der Waals surface area contributed by atoms with Crippen molar-refractivity contribution >= 4 is 38.9 Å². The van der Waals surface area contributed by atoms with Crippen LogP contribution in [0.1, 0.15) is 20.3 Å². The molecule has 3 aromatic rings. The summed E-state index contributed by atoms with van der Waals surface area (Å²) < 4.78 is 5.29. The number of methoxy groups -OCH3 is 1. The number of nitro groups is 1. The minimum Gasteiger partial charge on any atom is -0.497 e. The number of nitrogens with zero attached hydrogens (tertiary/aromatic N) is 3. The SMILES string of the molecule is CCN(CC)CCCNc1ccc([N+](=O)[O-])c2nc3ccc(OC)cc3c(N)c12. The number of fused-ring (bicyclic) bond motifs is 2. The van der Waals surface area contributed by atoms with Crippen LogP contribution in [0, 0.1) is 10.1 Å². The van der Waals surface area contributed by atoms with Crippen LogP contribution in [0.5, 0.6) is 5.75 Å². The Balaban J connectivity index is 2.04. The average molecular weight is 397 g/mol. The van der Waals surface area contributed by atoms with Gasteiger partial charge in [0.05, 0.1) is 28.6 Å². The summed E-state index contributed by atoms with van der Waals surface area (Å²) in [5.41, 5.74) is 8.51. The van der Waals surface area contributed by atoms with Crippen molar-refractivity contribution in [3.8, 4) is 5.75 Å². The number of nitro benzene ring substituents is 1. The Hall–Kier alpha value is -3.13. The molecular weight excluding hydrogens is 370 g/mol. The number of ether oxygens (including phenoxy) is 1. The molecule has 0 aliphatic rings. The largest absolute Gasteiger partial charge is 0.497 e. The highest BCUT2D eigenvalue weighted by molar-refractivity contribution is 6.14. The maximum Gasteiger partial charge on any atom is 0.295 e. The standard InChI is InChI=1S/C21H27N5O3/c1-4-25(5-2)12-6-11-23-17-9-10-18(26(27)28)21-19(17)20(22)15-13-14(29-3)7-8-16(15)24-21/h7-10,13,23H,4-6,11-12H2,1-3H3,(H2,22,24). The molecule has 1 aromatic heterocycles. The van der Waals surface area contributed by atoms with E-state index in [0.717, 1.165) is 38.3 Å². The van der Waals surface area contributed by atoms with Crippen molar-refractivity contribution in [2.75, 3.05) is 44.3 Å². The zero-order valence-electron chi connectivity index (χ0n) is 17.1. The van der Waals surface area contributed by atoms with E-state index in [-0.39, 0.29) is 5.69 Å². The van der Waals surface area contributed by atoms with E-state index in [4.69, 9.17) is 10.5 Å². The summed E-state index contributed by atoms with van der Waals surface area (Å²) >= 11 is 0. The maximum absolute atomic E-state index is 11.6. The van der Waals surface area contributed by atoms with Gasteiger partial charge in [-0.05, 0) is 50.3 Å². The lowest BCUT2D eigenvalue weighted by Gasteiger charge is -2.18. The number of nitrogen functional groups attached to an aromatic ring is 1. The molecule has 154 valence electrons. The van der Waals surface area contributed by atoms with Crippen LogP contribution in [0.2, 0.25) is 0 Å². The number of hydrogen-bond donors (Lipinski definition) is 2. The van der Waals surface area contributed by atoms with Crippen molar-refractivity contribution in [3.63, 3.8) is 0 Å². The lowest BCUT2D eigenvalue weighted by Crippen LogP contribution is -2.25. The lowest BCUT2D eigenvalue weighted by atomic mass is 10.0. The van der Waals surface area contributed by atoms with Gasteiger partial charge in [0.15, 0.2) is 5.52 Å². The van der Waals surface area contributed by atoms with Crippen LogP contribution in [0.3, 0.4) is 0 Å². The monoisotopic (exact) mass is 397 g/mol. The Labute approximate surface area is 169 Å². The first-order valence-corrected chi connectivity index (χ1v) is 9.80. The van der Waals surface area contributed by atoms with E-state index in [1.807, 2.05) is 0 Å². The van der Waals surface area contributed by atoms with Gasteiger partial charge in [-0.3, -0.25) is 10.1 Å². The fraction of sp³-hybridized carbons (Fsp3) is 0.381. The summed E-state index contributed by atoms with van der Waals surface area (Å²) in [6.45, 7) is 8.04. The number of nitrogens with two attached hydrogens (primary N) is 1. The number of pyridine rings is 1. The van der Waals surface area contributed by atoms with Crippen molar-refractivity contribution in [3.05, 3.63) is 40.4 Å². The fourth-order valence-corrected chi connectivity index (χ4v) is 3.54. The van der Waals surface area contributed by atoms with Gasteiger partial charge in [-0.15, -0.1) is 0 Å². The molecule has 1 heterocycles. The zero-order valence-corrected chi connectivity index (χ0v) is 17.1. The number of non-ortho nitro benzene ring substituents is 1. The Morgan fingerprint density at radius 2 is 2.00 bits per heavy atom. The van der Waals surface area contributed by atoms with E-state index >= 15 is 0 Å². The minimum absolute atomic E-state index is 0.0573. The molecule has 2 aromatic carbocycles. The second-order valence-electron chi connectivity index (χ2n) is 6.83. The molecule has 0 spiro atoms. The molecule has 0 saturated heterocycles. The number of rotatable bonds is 9. The summed E-state index contributed by atoms with van der Waals surface area (Å²) in [6, 6.07) is 8.53. The third kappa shape index (κ3) is 4.17. The Morgan fingerprint density at radius 3 is 2.66 bits per heavy atom. The van der Waals surface area contributed by atoms with Crippen LogP contribution >= 0.6 is 0 Å². The van der Waals surface area contributed by atoms with E-state index in [2.05, 4.69) is 29.0 Å². The molecular formula is C21H27N5O3. The number of anilines is 2. The molecule has 8 nitrogen and oxygen atoms in total. The number of nitrogens with one attached hydrogen (secondary N) is 1. The van der Waals surface area contributed by atoms with Crippen LogP contribution in [-0.2, 0) is 0 Å². The van der Waals surface area contributed by atoms with E-state index in [1.165, 1.54) is 6.07 Å². The van der Waals surface area contributed by atoms with Crippen molar-refractivity contribution in [2.24, 2.45) is 0 Å². The van der Waals surface area contributed by atoms with E-state index < -0.39 is 4.92 Å². The Morgan fingerprint density at radius 1 is 1.24 bits per heavy atom. The molecule has 0 radical (unpaired) electrons. The second-order valence-corrected chi connectivity index (χ2v) is 6.83. The Bertz CT molecular complexity index is 1030. The third-order valence-electron chi connectivity index (χ3n) is 5.21. The molecule has 29 heavy (non-hydrogen) atoms. The second kappa shape index (κ2) is 8.91. The van der Waals surface area contributed by atoms with E-state index in [9.17, 15) is 10.1 Å². The van der Waals surface area contributed by atoms with Crippen LogP contribution in [0.4, 0.5) is 17.1 Å². The van der Waals surface area contributed by atoms with Crippen LogP contribution < -0.4 is 15.8 Å². The smallest absolute Gasteiger partial charge is 0.295 e. The molecule has 0 bridgehead atoms. The molecule has 3 N–H and O–H groups in total. The summed E-state index contributed by atoms with van der Waals surface area (Å²) in [4.78, 5) is 18.0.